The SMILES string of the molecule is Cc1ccccc1C(=O)NCC1(N2CCOCC2)CCCCC1. The summed E-state index contributed by atoms with van der Waals surface area (Å²) in [4.78, 5) is 15.1. The van der Waals surface area contributed by atoms with Crippen LogP contribution < -0.4 is 5.32 Å². The van der Waals surface area contributed by atoms with E-state index < -0.39 is 0 Å². The zero-order chi connectivity index (χ0) is 16.1. The molecule has 1 aliphatic heterocycles. The van der Waals surface area contributed by atoms with Crippen molar-refractivity contribution in [2.24, 2.45) is 0 Å². The monoisotopic (exact) mass is 316 g/mol. The molecule has 126 valence electrons. The largest absolute Gasteiger partial charge is 0.379 e. The third-order valence-corrected chi connectivity index (χ3v) is 5.43. The van der Waals surface area contributed by atoms with Crippen LogP contribution in [0.4, 0.5) is 0 Å². The molecular weight excluding hydrogens is 288 g/mol. The van der Waals surface area contributed by atoms with Gasteiger partial charge in [-0.15, -0.1) is 0 Å². The number of carbonyl (C=O) groups excluding carboxylic acids is 1. The maximum absolute atomic E-state index is 12.6. The van der Waals surface area contributed by atoms with Gasteiger partial charge in [-0.05, 0) is 31.4 Å². The molecule has 3 rings (SSSR count). The number of morpholine rings is 1. The van der Waals surface area contributed by atoms with Gasteiger partial charge >= 0.3 is 0 Å². The predicted octanol–water partition coefficient (Wildman–Crippen LogP) is 2.76. The molecular formula is C19H28N2O2. The molecule has 1 aromatic rings. The van der Waals surface area contributed by atoms with E-state index in [0.29, 0.717) is 0 Å². The molecule has 1 aliphatic carbocycles. The lowest BCUT2D eigenvalue weighted by Crippen LogP contribution is -2.59. The maximum atomic E-state index is 12.6. The van der Waals surface area contributed by atoms with Gasteiger partial charge in [0.1, 0.15) is 0 Å². The number of carbonyl (C=O) groups is 1. The second kappa shape index (κ2) is 7.45. The maximum Gasteiger partial charge on any atom is 0.251 e. The Morgan fingerprint density at radius 2 is 1.87 bits per heavy atom. The van der Waals surface area contributed by atoms with Gasteiger partial charge in [-0.2, -0.15) is 0 Å². The minimum absolute atomic E-state index is 0.0568. The fourth-order valence-corrected chi connectivity index (χ4v) is 4.02. The normalized spacial score (nSPS) is 21.8. The van der Waals surface area contributed by atoms with Crippen molar-refractivity contribution in [2.45, 2.75) is 44.6 Å². The van der Waals surface area contributed by atoms with Crippen LogP contribution in [0.3, 0.4) is 0 Å². The van der Waals surface area contributed by atoms with Crippen molar-refractivity contribution in [1.82, 2.24) is 10.2 Å². The summed E-state index contributed by atoms with van der Waals surface area (Å²) in [5.74, 6) is 0.0568. The van der Waals surface area contributed by atoms with Crippen LogP contribution in [0, 0.1) is 6.92 Å². The van der Waals surface area contributed by atoms with E-state index in [-0.39, 0.29) is 11.4 Å². The number of benzene rings is 1. The van der Waals surface area contributed by atoms with Crippen molar-refractivity contribution >= 4 is 5.91 Å². The van der Waals surface area contributed by atoms with E-state index in [1.165, 1.54) is 32.1 Å². The molecule has 4 nitrogen and oxygen atoms in total. The van der Waals surface area contributed by atoms with Crippen molar-refractivity contribution in [3.8, 4) is 0 Å². The Hall–Kier alpha value is -1.39. The summed E-state index contributed by atoms with van der Waals surface area (Å²) in [6.45, 7) is 6.34. The number of hydrogen-bond acceptors (Lipinski definition) is 3. The topological polar surface area (TPSA) is 41.6 Å². The summed E-state index contributed by atoms with van der Waals surface area (Å²) in [5.41, 5.74) is 1.95. The number of amides is 1. The molecule has 1 aromatic carbocycles. The Bertz CT molecular complexity index is 532. The summed E-state index contributed by atoms with van der Waals surface area (Å²) in [6.07, 6.45) is 6.20. The van der Waals surface area contributed by atoms with Gasteiger partial charge in [0, 0.05) is 30.7 Å². The number of hydrogen-bond donors (Lipinski definition) is 1. The van der Waals surface area contributed by atoms with Gasteiger partial charge in [0.15, 0.2) is 0 Å². The Balaban J connectivity index is 1.69. The Morgan fingerprint density at radius 1 is 1.17 bits per heavy atom. The minimum Gasteiger partial charge on any atom is -0.379 e. The molecule has 1 saturated heterocycles. The first kappa shape index (κ1) is 16.5. The van der Waals surface area contributed by atoms with Crippen LogP contribution in [0.2, 0.25) is 0 Å². The first-order valence-corrected chi connectivity index (χ1v) is 8.88. The van der Waals surface area contributed by atoms with Crippen molar-refractivity contribution in [3.63, 3.8) is 0 Å². The van der Waals surface area contributed by atoms with Crippen LogP contribution in [-0.2, 0) is 4.74 Å². The highest BCUT2D eigenvalue weighted by molar-refractivity contribution is 5.95. The lowest BCUT2D eigenvalue weighted by molar-refractivity contribution is -0.0361. The van der Waals surface area contributed by atoms with Gasteiger partial charge in [-0.1, -0.05) is 37.5 Å². The highest BCUT2D eigenvalue weighted by Crippen LogP contribution is 2.34. The average molecular weight is 316 g/mol. The average Bonchev–Trinajstić information content (AvgIpc) is 2.62. The third kappa shape index (κ3) is 3.75. The molecule has 0 radical (unpaired) electrons. The van der Waals surface area contributed by atoms with Crippen LogP contribution in [0.25, 0.3) is 0 Å². The Labute approximate surface area is 139 Å². The van der Waals surface area contributed by atoms with Crippen LogP contribution in [-0.4, -0.2) is 49.2 Å². The zero-order valence-corrected chi connectivity index (χ0v) is 14.1. The fourth-order valence-electron chi connectivity index (χ4n) is 4.02. The number of aryl methyl sites for hydroxylation is 1. The molecule has 4 heteroatoms. The van der Waals surface area contributed by atoms with Crippen molar-refractivity contribution in [1.29, 1.82) is 0 Å². The number of nitrogens with zero attached hydrogens (tertiary/aromatic N) is 1. The van der Waals surface area contributed by atoms with E-state index in [4.69, 9.17) is 4.74 Å². The minimum atomic E-state index is 0.0568. The first-order valence-electron chi connectivity index (χ1n) is 8.88. The van der Waals surface area contributed by atoms with E-state index in [1.807, 2.05) is 31.2 Å². The molecule has 1 heterocycles. The highest BCUT2D eigenvalue weighted by atomic mass is 16.5. The highest BCUT2D eigenvalue weighted by Gasteiger charge is 2.38. The molecule has 1 saturated carbocycles. The molecule has 0 atom stereocenters. The summed E-state index contributed by atoms with van der Waals surface area (Å²) >= 11 is 0. The van der Waals surface area contributed by atoms with Crippen LogP contribution in [0.5, 0.6) is 0 Å². The van der Waals surface area contributed by atoms with E-state index in [9.17, 15) is 4.79 Å². The van der Waals surface area contributed by atoms with Gasteiger partial charge in [0.05, 0.1) is 13.2 Å². The summed E-state index contributed by atoms with van der Waals surface area (Å²) in [7, 11) is 0. The Morgan fingerprint density at radius 3 is 2.57 bits per heavy atom. The lowest BCUT2D eigenvalue weighted by atomic mass is 9.79. The smallest absolute Gasteiger partial charge is 0.251 e. The van der Waals surface area contributed by atoms with Gasteiger partial charge in [0.25, 0.3) is 5.91 Å². The van der Waals surface area contributed by atoms with Gasteiger partial charge in [0.2, 0.25) is 0 Å². The molecule has 23 heavy (non-hydrogen) atoms. The van der Waals surface area contributed by atoms with E-state index in [1.54, 1.807) is 0 Å². The predicted molar refractivity (Wildman–Crippen MR) is 91.7 cm³/mol. The molecule has 1 amide bonds. The quantitative estimate of drug-likeness (QED) is 0.929. The summed E-state index contributed by atoms with van der Waals surface area (Å²) in [5, 5.41) is 3.23. The summed E-state index contributed by atoms with van der Waals surface area (Å²) < 4.78 is 5.52. The standard InChI is InChI=1S/C19H28N2O2/c1-16-7-3-4-8-17(16)18(22)20-15-19(9-5-2-6-10-19)21-11-13-23-14-12-21/h3-4,7-8H,2,5-6,9-15H2,1H3,(H,20,22). The van der Waals surface area contributed by atoms with Gasteiger partial charge in [-0.25, -0.2) is 0 Å². The second-order valence-corrected chi connectivity index (χ2v) is 6.88. The molecule has 1 N–H and O–H groups in total. The van der Waals surface area contributed by atoms with Crippen molar-refractivity contribution in [3.05, 3.63) is 35.4 Å². The Kier molecular flexibility index (Phi) is 5.34. The van der Waals surface area contributed by atoms with Crippen LogP contribution >= 0.6 is 0 Å². The van der Waals surface area contributed by atoms with Gasteiger partial charge < -0.3 is 10.1 Å². The van der Waals surface area contributed by atoms with Crippen LogP contribution in [0.15, 0.2) is 24.3 Å². The molecule has 2 aliphatic rings. The van der Waals surface area contributed by atoms with E-state index in [2.05, 4.69) is 10.2 Å². The summed E-state index contributed by atoms with van der Waals surface area (Å²) in [6, 6.07) is 7.81. The van der Waals surface area contributed by atoms with Crippen LogP contribution in [0.1, 0.15) is 48.0 Å². The van der Waals surface area contributed by atoms with E-state index >= 15 is 0 Å². The van der Waals surface area contributed by atoms with Crippen molar-refractivity contribution in [2.75, 3.05) is 32.8 Å². The first-order chi connectivity index (χ1) is 11.2. The van der Waals surface area contributed by atoms with Crippen molar-refractivity contribution < 1.29 is 9.53 Å². The third-order valence-electron chi connectivity index (χ3n) is 5.43. The molecule has 0 bridgehead atoms. The van der Waals surface area contributed by atoms with Gasteiger partial charge in [-0.3, -0.25) is 9.69 Å². The zero-order valence-electron chi connectivity index (χ0n) is 14.1. The second-order valence-electron chi connectivity index (χ2n) is 6.88. The number of ether oxygens (including phenoxy) is 1. The molecule has 0 spiro atoms. The molecule has 0 unspecified atom stereocenters. The fraction of sp³-hybridized carbons (Fsp3) is 0.632. The molecule has 0 aromatic heterocycles. The number of rotatable bonds is 4. The molecule has 2 fully saturated rings. The number of nitrogens with one attached hydrogen (secondary N) is 1. The lowest BCUT2D eigenvalue weighted by Gasteiger charge is -2.48. The van der Waals surface area contributed by atoms with E-state index in [0.717, 1.165) is 44.0 Å².